The van der Waals surface area contributed by atoms with Gasteiger partial charge in [-0.05, 0) is 54.4 Å². The lowest BCUT2D eigenvalue weighted by atomic mass is 10.2. The third-order valence-electron chi connectivity index (χ3n) is 2.51. The molecule has 0 aromatic heterocycles. The summed E-state index contributed by atoms with van der Waals surface area (Å²) in [4.78, 5) is 0.191. The third kappa shape index (κ3) is 4.45. The molecule has 7 heteroatoms. The molecular weight excluding hydrogens is 332 g/mol. The maximum absolute atomic E-state index is 12.3. The number of sulfonamides is 1. The first-order chi connectivity index (χ1) is 8.77. The second kappa shape index (κ2) is 6.69. The molecule has 1 aromatic rings. The van der Waals surface area contributed by atoms with Gasteiger partial charge >= 0.3 is 0 Å². The van der Waals surface area contributed by atoms with Crippen LogP contribution in [0.2, 0.25) is 0 Å². The number of nitrogens with one attached hydrogen (secondary N) is 1. The van der Waals surface area contributed by atoms with Gasteiger partial charge in [-0.25, -0.2) is 13.1 Å². The highest BCUT2D eigenvalue weighted by molar-refractivity contribution is 9.10. The van der Waals surface area contributed by atoms with Gasteiger partial charge < -0.3 is 10.5 Å². The SMILES string of the molecule is CCOCC(C)NS(=O)(=O)c1cc(N)c(Br)cc1C. The predicted molar refractivity (Wildman–Crippen MR) is 79.6 cm³/mol. The average molecular weight is 351 g/mol. The Bertz CT molecular complexity index is 546. The minimum Gasteiger partial charge on any atom is -0.398 e. The van der Waals surface area contributed by atoms with Gasteiger partial charge in [-0.2, -0.15) is 0 Å². The van der Waals surface area contributed by atoms with E-state index < -0.39 is 10.0 Å². The standard InChI is InChI=1S/C12H19BrN2O3S/c1-4-18-7-9(3)15-19(16,17)12-6-11(14)10(13)5-8(12)2/h5-6,9,15H,4,7,14H2,1-3H3. The van der Waals surface area contributed by atoms with E-state index in [2.05, 4.69) is 20.7 Å². The Morgan fingerprint density at radius 1 is 1.47 bits per heavy atom. The number of halogens is 1. The lowest BCUT2D eigenvalue weighted by Crippen LogP contribution is -2.36. The van der Waals surface area contributed by atoms with Crippen molar-refractivity contribution in [3.05, 3.63) is 22.2 Å². The van der Waals surface area contributed by atoms with Crippen LogP contribution in [0.25, 0.3) is 0 Å². The summed E-state index contributed by atoms with van der Waals surface area (Å²) in [6.07, 6.45) is 0. The molecule has 5 nitrogen and oxygen atoms in total. The van der Waals surface area contributed by atoms with E-state index in [-0.39, 0.29) is 10.9 Å². The van der Waals surface area contributed by atoms with Gasteiger partial charge in [0.2, 0.25) is 10.0 Å². The van der Waals surface area contributed by atoms with E-state index in [1.165, 1.54) is 6.07 Å². The van der Waals surface area contributed by atoms with E-state index in [9.17, 15) is 8.42 Å². The highest BCUT2D eigenvalue weighted by Gasteiger charge is 2.20. The van der Waals surface area contributed by atoms with E-state index in [4.69, 9.17) is 10.5 Å². The second-order valence-corrected chi connectivity index (χ2v) is 6.86. The van der Waals surface area contributed by atoms with Crippen molar-refractivity contribution in [1.82, 2.24) is 4.72 Å². The summed E-state index contributed by atoms with van der Waals surface area (Å²) >= 11 is 3.27. The van der Waals surface area contributed by atoms with Crippen molar-refractivity contribution in [3.8, 4) is 0 Å². The molecule has 108 valence electrons. The van der Waals surface area contributed by atoms with Crippen LogP contribution >= 0.6 is 15.9 Å². The topological polar surface area (TPSA) is 81.4 Å². The molecule has 0 radical (unpaired) electrons. The monoisotopic (exact) mass is 350 g/mol. The quantitative estimate of drug-likeness (QED) is 0.769. The molecule has 1 atom stereocenters. The van der Waals surface area contributed by atoms with E-state index in [0.29, 0.717) is 28.9 Å². The number of nitrogens with two attached hydrogens (primary N) is 1. The van der Waals surface area contributed by atoms with Gasteiger partial charge in [-0.15, -0.1) is 0 Å². The van der Waals surface area contributed by atoms with Crippen LogP contribution in [0.5, 0.6) is 0 Å². The minimum atomic E-state index is -3.59. The van der Waals surface area contributed by atoms with Gasteiger partial charge in [0.1, 0.15) is 0 Å². The lowest BCUT2D eigenvalue weighted by molar-refractivity contribution is 0.133. The molecule has 0 saturated heterocycles. The zero-order valence-electron chi connectivity index (χ0n) is 11.2. The van der Waals surface area contributed by atoms with E-state index in [0.717, 1.165) is 0 Å². The lowest BCUT2D eigenvalue weighted by Gasteiger charge is -2.16. The Morgan fingerprint density at radius 2 is 2.11 bits per heavy atom. The van der Waals surface area contributed by atoms with Crippen LogP contribution in [0.1, 0.15) is 19.4 Å². The number of hydrogen-bond acceptors (Lipinski definition) is 4. The molecular formula is C12H19BrN2O3S. The summed E-state index contributed by atoms with van der Waals surface area (Å²) in [5.41, 5.74) is 6.76. The number of aryl methyl sites for hydroxylation is 1. The fourth-order valence-corrected chi connectivity index (χ4v) is 3.56. The Morgan fingerprint density at radius 3 is 2.68 bits per heavy atom. The summed E-state index contributed by atoms with van der Waals surface area (Å²) < 4.78 is 33.0. The van der Waals surface area contributed by atoms with E-state index >= 15 is 0 Å². The third-order valence-corrected chi connectivity index (χ3v) is 4.93. The van der Waals surface area contributed by atoms with E-state index in [1.807, 2.05) is 6.92 Å². The summed E-state index contributed by atoms with van der Waals surface area (Å²) in [5.74, 6) is 0. The molecule has 0 fully saturated rings. The van der Waals surface area contributed by atoms with Gasteiger partial charge in [-0.3, -0.25) is 0 Å². The Balaban J connectivity index is 2.98. The van der Waals surface area contributed by atoms with Crippen molar-refractivity contribution in [1.29, 1.82) is 0 Å². The van der Waals surface area contributed by atoms with Crippen molar-refractivity contribution >= 4 is 31.6 Å². The largest absolute Gasteiger partial charge is 0.398 e. The molecule has 0 saturated carbocycles. The van der Waals surface area contributed by atoms with Crippen LogP contribution in [-0.4, -0.2) is 27.7 Å². The van der Waals surface area contributed by atoms with Gasteiger partial charge in [0, 0.05) is 22.8 Å². The molecule has 3 N–H and O–H groups in total. The number of hydrogen-bond donors (Lipinski definition) is 2. The van der Waals surface area contributed by atoms with Crippen LogP contribution in [0.15, 0.2) is 21.5 Å². The highest BCUT2D eigenvalue weighted by atomic mass is 79.9. The molecule has 1 aromatic carbocycles. The second-order valence-electron chi connectivity index (χ2n) is 4.32. The van der Waals surface area contributed by atoms with E-state index in [1.54, 1.807) is 19.9 Å². The summed E-state index contributed by atoms with van der Waals surface area (Å²) in [5, 5.41) is 0. The van der Waals surface area contributed by atoms with Crippen molar-refractivity contribution in [2.24, 2.45) is 0 Å². The van der Waals surface area contributed by atoms with Crippen molar-refractivity contribution in [3.63, 3.8) is 0 Å². The van der Waals surface area contributed by atoms with Crippen molar-refractivity contribution in [2.75, 3.05) is 18.9 Å². The summed E-state index contributed by atoms with van der Waals surface area (Å²) in [7, 11) is -3.59. The Kier molecular flexibility index (Phi) is 5.79. The fourth-order valence-electron chi connectivity index (χ4n) is 1.62. The Labute approximate surface area is 122 Å². The predicted octanol–water partition coefficient (Wildman–Crippen LogP) is 2.04. The first-order valence-electron chi connectivity index (χ1n) is 5.93. The molecule has 0 heterocycles. The van der Waals surface area contributed by atoms with Crippen LogP contribution in [0.3, 0.4) is 0 Å². The zero-order valence-corrected chi connectivity index (χ0v) is 13.6. The zero-order chi connectivity index (χ0) is 14.6. The normalized spacial score (nSPS) is 13.5. The first kappa shape index (κ1) is 16.4. The van der Waals surface area contributed by atoms with Gasteiger partial charge in [0.05, 0.1) is 11.5 Å². The number of nitrogen functional groups attached to an aromatic ring is 1. The molecule has 19 heavy (non-hydrogen) atoms. The average Bonchev–Trinajstić information content (AvgIpc) is 2.30. The molecule has 1 unspecified atom stereocenters. The van der Waals surface area contributed by atoms with Crippen LogP contribution in [0.4, 0.5) is 5.69 Å². The van der Waals surface area contributed by atoms with Crippen LogP contribution in [-0.2, 0) is 14.8 Å². The molecule has 0 amide bonds. The van der Waals surface area contributed by atoms with Crippen LogP contribution < -0.4 is 10.5 Å². The number of rotatable bonds is 6. The molecule has 0 aliphatic heterocycles. The molecule has 0 aliphatic carbocycles. The summed E-state index contributed by atoms with van der Waals surface area (Å²) in [6, 6.07) is 2.85. The van der Waals surface area contributed by atoms with Gasteiger partial charge in [0.15, 0.2) is 0 Å². The molecule has 1 rings (SSSR count). The smallest absolute Gasteiger partial charge is 0.241 e. The highest BCUT2D eigenvalue weighted by Crippen LogP contribution is 2.26. The molecule has 0 aliphatic rings. The molecule has 0 spiro atoms. The molecule has 0 bridgehead atoms. The summed E-state index contributed by atoms with van der Waals surface area (Å²) in [6.45, 7) is 6.23. The fraction of sp³-hybridized carbons (Fsp3) is 0.500. The minimum absolute atomic E-state index is 0.191. The van der Waals surface area contributed by atoms with Gasteiger partial charge in [-0.1, -0.05) is 0 Å². The van der Waals surface area contributed by atoms with Crippen molar-refractivity contribution < 1.29 is 13.2 Å². The maximum atomic E-state index is 12.3. The number of benzene rings is 1. The Hall–Kier alpha value is -0.630. The number of ether oxygens (including phenoxy) is 1. The van der Waals surface area contributed by atoms with Crippen molar-refractivity contribution in [2.45, 2.75) is 31.7 Å². The number of anilines is 1. The first-order valence-corrected chi connectivity index (χ1v) is 8.21. The van der Waals surface area contributed by atoms with Crippen LogP contribution in [0, 0.1) is 6.92 Å². The maximum Gasteiger partial charge on any atom is 0.241 e. The van der Waals surface area contributed by atoms with Gasteiger partial charge in [0.25, 0.3) is 0 Å².